The predicted octanol–water partition coefficient (Wildman–Crippen LogP) is 2.48. The predicted molar refractivity (Wildman–Crippen MR) is 71.2 cm³/mol. The van der Waals surface area contributed by atoms with Gasteiger partial charge in [0.2, 0.25) is 0 Å². The summed E-state index contributed by atoms with van der Waals surface area (Å²) in [7, 11) is 0. The van der Waals surface area contributed by atoms with Gasteiger partial charge in [0, 0.05) is 36.2 Å². The highest BCUT2D eigenvalue weighted by atomic mass is 16.5. The first kappa shape index (κ1) is 11.3. The lowest BCUT2D eigenvalue weighted by Crippen LogP contribution is -2.19. The number of rotatable bonds is 2. The average Bonchev–Trinajstić information content (AvgIpc) is 2.90. The van der Waals surface area contributed by atoms with E-state index in [4.69, 9.17) is 10.5 Å². The number of aromatic nitrogens is 2. The monoisotopic (exact) mass is 243 g/mol. The summed E-state index contributed by atoms with van der Waals surface area (Å²) >= 11 is 0. The minimum Gasteiger partial charge on any atom is -0.398 e. The Labute approximate surface area is 106 Å². The first-order valence-electron chi connectivity index (χ1n) is 6.31. The number of para-hydroxylation sites is 1. The van der Waals surface area contributed by atoms with E-state index in [0.717, 1.165) is 42.9 Å². The smallest absolute Gasteiger partial charge is 0.0569 e. The molecule has 4 nitrogen and oxygen atoms in total. The fourth-order valence-electron chi connectivity index (χ4n) is 2.39. The van der Waals surface area contributed by atoms with E-state index in [9.17, 15) is 0 Å². The third kappa shape index (κ3) is 2.11. The SMILES string of the molecule is Nc1ccccc1-c1cnn(C2CCOCC2)c1. The van der Waals surface area contributed by atoms with E-state index in [-0.39, 0.29) is 0 Å². The molecule has 0 radical (unpaired) electrons. The highest BCUT2D eigenvalue weighted by Gasteiger charge is 2.17. The topological polar surface area (TPSA) is 53.1 Å². The van der Waals surface area contributed by atoms with Crippen LogP contribution in [-0.2, 0) is 4.74 Å². The van der Waals surface area contributed by atoms with Gasteiger partial charge in [-0.05, 0) is 18.9 Å². The van der Waals surface area contributed by atoms with Crippen LogP contribution in [0.4, 0.5) is 5.69 Å². The largest absolute Gasteiger partial charge is 0.398 e. The number of ether oxygens (including phenoxy) is 1. The van der Waals surface area contributed by atoms with E-state index in [1.165, 1.54) is 0 Å². The molecule has 1 saturated heterocycles. The second-order valence-electron chi connectivity index (χ2n) is 4.64. The average molecular weight is 243 g/mol. The Kier molecular flexibility index (Phi) is 3.02. The number of anilines is 1. The van der Waals surface area contributed by atoms with Gasteiger partial charge >= 0.3 is 0 Å². The van der Waals surface area contributed by atoms with E-state index in [0.29, 0.717) is 6.04 Å². The molecule has 1 aromatic carbocycles. The van der Waals surface area contributed by atoms with Crippen molar-refractivity contribution in [3.8, 4) is 11.1 Å². The molecule has 1 fully saturated rings. The van der Waals surface area contributed by atoms with Crippen LogP contribution in [0.1, 0.15) is 18.9 Å². The molecule has 1 aliphatic rings. The maximum absolute atomic E-state index is 5.98. The van der Waals surface area contributed by atoms with Crippen molar-refractivity contribution in [1.82, 2.24) is 9.78 Å². The van der Waals surface area contributed by atoms with E-state index in [1.54, 1.807) is 0 Å². The molecule has 3 rings (SSSR count). The van der Waals surface area contributed by atoms with Crippen LogP contribution in [0.3, 0.4) is 0 Å². The summed E-state index contributed by atoms with van der Waals surface area (Å²) in [6.45, 7) is 1.65. The molecule has 0 unspecified atom stereocenters. The van der Waals surface area contributed by atoms with Crippen LogP contribution in [0.5, 0.6) is 0 Å². The zero-order chi connectivity index (χ0) is 12.4. The summed E-state index contributed by atoms with van der Waals surface area (Å²) in [5.74, 6) is 0. The second kappa shape index (κ2) is 4.82. The second-order valence-corrected chi connectivity index (χ2v) is 4.64. The quantitative estimate of drug-likeness (QED) is 0.824. The van der Waals surface area contributed by atoms with Gasteiger partial charge in [-0.2, -0.15) is 5.10 Å². The van der Waals surface area contributed by atoms with Gasteiger partial charge < -0.3 is 10.5 Å². The summed E-state index contributed by atoms with van der Waals surface area (Å²) in [5.41, 5.74) is 8.91. The van der Waals surface area contributed by atoms with Crippen molar-refractivity contribution in [1.29, 1.82) is 0 Å². The molecular weight excluding hydrogens is 226 g/mol. The Morgan fingerprint density at radius 3 is 2.78 bits per heavy atom. The van der Waals surface area contributed by atoms with Gasteiger partial charge in [-0.3, -0.25) is 4.68 Å². The van der Waals surface area contributed by atoms with Gasteiger partial charge in [0.1, 0.15) is 0 Å². The maximum atomic E-state index is 5.98. The molecule has 0 aliphatic carbocycles. The van der Waals surface area contributed by atoms with Crippen LogP contribution >= 0.6 is 0 Å². The van der Waals surface area contributed by atoms with Crippen LogP contribution < -0.4 is 5.73 Å². The van der Waals surface area contributed by atoms with Gasteiger partial charge in [-0.1, -0.05) is 18.2 Å². The molecule has 2 heterocycles. The number of nitrogens with two attached hydrogens (primary N) is 1. The van der Waals surface area contributed by atoms with Crippen molar-refractivity contribution in [2.45, 2.75) is 18.9 Å². The Morgan fingerprint density at radius 2 is 2.00 bits per heavy atom. The normalized spacial score (nSPS) is 16.9. The summed E-state index contributed by atoms with van der Waals surface area (Å²) < 4.78 is 7.42. The molecule has 0 atom stereocenters. The molecule has 4 heteroatoms. The number of hydrogen-bond acceptors (Lipinski definition) is 3. The van der Waals surface area contributed by atoms with E-state index in [1.807, 2.05) is 35.1 Å². The van der Waals surface area contributed by atoms with Crippen LogP contribution in [0.15, 0.2) is 36.7 Å². The molecule has 1 aliphatic heterocycles. The standard InChI is InChI=1S/C14H17N3O/c15-14-4-2-1-3-13(14)11-9-16-17(10-11)12-5-7-18-8-6-12/h1-4,9-10,12H,5-8,15H2. The van der Waals surface area contributed by atoms with Gasteiger partial charge in [-0.25, -0.2) is 0 Å². The third-order valence-electron chi connectivity index (χ3n) is 3.44. The molecular formula is C14H17N3O. The van der Waals surface area contributed by atoms with Crippen molar-refractivity contribution < 1.29 is 4.74 Å². The number of benzene rings is 1. The van der Waals surface area contributed by atoms with Crippen molar-refractivity contribution in [2.24, 2.45) is 0 Å². The zero-order valence-corrected chi connectivity index (χ0v) is 10.2. The fourth-order valence-corrected chi connectivity index (χ4v) is 2.39. The van der Waals surface area contributed by atoms with Crippen molar-refractivity contribution in [2.75, 3.05) is 18.9 Å². The lowest BCUT2D eigenvalue weighted by atomic mass is 10.1. The van der Waals surface area contributed by atoms with Crippen LogP contribution in [0.2, 0.25) is 0 Å². The molecule has 0 spiro atoms. The number of nitrogen functional groups attached to an aromatic ring is 1. The van der Waals surface area contributed by atoms with E-state index in [2.05, 4.69) is 11.3 Å². The van der Waals surface area contributed by atoms with Crippen LogP contribution in [-0.4, -0.2) is 23.0 Å². The molecule has 2 N–H and O–H groups in total. The molecule has 0 saturated carbocycles. The first-order chi connectivity index (χ1) is 8.84. The molecule has 18 heavy (non-hydrogen) atoms. The van der Waals surface area contributed by atoms with Gasteiger partial charge in [0.15, 0.2) is 0 Å². The molecule has 2 aromatic rings. The highest BCUT2D eigenvalue weighted by Crippen LogP contribution is 2.27. The zero-order valence-electron chi connectivity index (χ0n) is 10.2. The Balaban J connectivity index is 1.87. The van der Waals surface area contributed by atoms with Crippen molar-refractivity contribution in [3.63, 3.8) is 0 Å². The van der Waals surface area contributed by atoms with Crippen molar-refractivity contribution in [3.05, 3.63) is 36.7 Å². The first-order valence-corrected chi connectivity index (χ1v) is 6.31. The molecule has 1 aromatic heterocycles. The summed E-state index contributed by atoms with van der Waals surface area (Å²) in [5, 5.41) is 4.46. The molecule has 94 valence electrons. The fraction of sp³-hybridized carbons (Fsp3) is 0.357. The van der Waals surface area contributed by atoms with Crippen LogP contribution in [0, 0.1) is 0 Å². The van der Waals surface area contributed by atoms with Gasteiger partial charge in [0.05, 0.1) is 12.2 Å². The summed E-state index contributed by atoms with van der Waals surface area (Å²) in [6.07, 6.45) is 6.04. The Bertz CT molecular complexity index is 529. The molecule has 0 bridgehead atoms. The summed E-state index contributed by atoms with van der Waals surface area (Å²) in [4.78, 5) is 0. The minimum atomic E-state index is 0.456. The van der Waals surface area contributed by atoms with E-state index < -0.39 is 0 Å². The van der Waals surface area contributed by atoms with Crippen molar-refractivity contribution >= 4 is 5.69 Å². The third-order valence-corrected chi connectivity index (χ3v) is 3.44. The van der Waals surface area contributed by atoms with Gasteiger partial charge in [0.25, 0.3) is 0 Å². The number of hydrogen-bond donors (Lipinski definition) is 1. The Morgan fingerprint density at radius 1 is 1.22 bits per heavy atom. The molecule has 0 amide bonds. The lowest BCUT2D eigenvalue weighted by molar-refractivity contribution is 0.0662. The number of nitrogens with zero attached hydrogens (tertiary/aromatic N) is 2. The minimum absolute atomic E-state index is 0.456. The van der Waals surface area contributed by atoms with Gasteiger partial charge in [-0.15, -0.1) is 0 Å². The van der Waals surface area contributed by atoms with Crippen LogP contribution in [0.25, 0.3) is 11.1 Å². The Hall–Kier alpha value is -1.81. The highest BCUT2D eigenvalue weighted by molar-refractivity contribution is 5.75. The van der Waals surface area contributed by atoms with E-state index >= 15 is 0 Å². The summed E-state index contributed by atoms with van der Waals surface area (Å²) in [6, 6.07) is 8.35. The maximum Gasteiger partial charge on any atom is 0.0569 e. The lowest BCUT2D eigenvalue weighted by Gasteiger charge is -2.22.